The first-order valence-electron chi connectivity index (χ1n) is 8.41. The summed E-state index contributed by atoms with van der Waals surface area (Å²) in [6.07, 6.45) is 5.78. The summed E-state index contributed by atoms with van der Waals surface area (Å²) in [6.45, 7) is 1.87. The number of carbonyl (C=O) groups excluding carboxylic acids is 2. The number of nitrogens with zero attached hydrogens (tertiary/aromatic N) is 2. The van der Waals surface area contributed by atoms with Crippen LogP contribution in [0.4, 0.5) is 11.4 Å². The first-order chi connectivity index (χ1) is 12.6. The van der Waals surface area contributed by atoms with Gasteiger partial charge in [0.1, 0.15) is 5.03 Å². The van der Waals surface area contributed by atoms with Crippen LogP contribution in [0.1, 0.15) is 33.6 Å². The third-order valence-corrected chi connectivity index (χ3v) is 5.03. The summed E-state index contributed by atoms with van der Waals surface area (Å²) in [4.78, 5) is 31.2. The molecule has 0 aliphatic carbocycles. The minimum absolute atomic E-state index is 0.245. The van der Waals surface area contributed by atoms with E-state index >= 15 is 0 Å². The van der Waals surface area contributed by atoms with Gasteiger partial charge < -0.3 is 15.0 Å². The Kier molecular flexibility index (Phi) is 5.78. The van der Waals surface area contributed by atoms with Gasteiger partial charge >= 0.3 is 5.97 Å². The molecular formula is C19H21N3O3S. The van der Waals surface area contributed by atoms with Gasteiger partial charge in [-0.2, -0.15) is 0 Å². The number of ether oxygens (including phenoxy) is 1. The number of anilines is 2. The van der Waals surface area contributed by atoms with Crippen LogP contribution in [0.15, 0.2) is 41.6 Å². The van der Waals surface area contributed by atoms with E-state index in [9.17, 15) is 9.59 Å². The average molecular weight is 371 g/mol. The smallest absolute Gasteiger partial charge is 0.337 e. The van der Waals surface area contributed by atoms with Crippen molar-refractivity contribution in [2.45, 2.75) is 17.9 Å². The van der Waals surface area contributed by atoms with E-state index in [1.807, 2.05) is 12.3 Å². The maximum Gasteiger partial charge on any atom is 0.337 e. The molecule has 136 valence electrons. The number of nitrogens with one attached hydrogen (secondary N) is 1. The van der Waals surface area contributed by atoms with E-state index in [4.69, 9.17) is 4.74 Å². The molecule has 6 nitrogen and oxygen atoms in total. The van der Waals surface area contributed by atoms with E-state index in [1.165, 1.54) is 18.9 Å². The quantitative estimate of drug-likeness (QED) is 0.641. The summed E-state index contributed by atoms with van der Waals surface area (Å²) < 4.78 is 4.80. The molecular weight excluding hydrogens is 350 g/mol. The van der Waals surface area contributed by atoms with Gasteiger partial charge in [-0.1, -0.05) is 0 Å². The van der Waals surface area contributed by atoms with Crippen LogP contribution in [0.2, 0.25) is 0 Å². The summed E-state index contributed by atoms with van der Waals surface area (Å²) >= 11 is 1.42. The number of pyridine rings is 1. The predicted molar refractivity (Wildman–Crippen MR) is 103 cm³/mol. The second-order valence-corrected chi connectivity index (χ2v) is 6.73. The average Bonchev–Trinajstić information content (AvgIpc) is 3.21. The second kappa shape index (κ2) is 8.23. The lowest BCUT2D eigenvalue weighted by atomic mass is 10.1. The largest absolute Gasteiger partial charge is 0.465 e. The molecule has 7 heteroatoms. The Labute approximate surface area is 156 Å². The molecule has 1 aromatic heterocycles. The molecule has 1 aliphatic rings. The van der Waals surface area contributed by atoms with Crippen molar-refractivity contribution in [3.8, 4) is 0 Å². The summed E-state index contributed by atoms with van der Waals surface area (Å²) in [5.41, 5.74) is 2.44. The van der Waals surface area contributed by atoms with Crippen LogP contribution in [0.3, 0.4) is 0 Å². The SMILES string of the molecule is COC(=O)c1ccc(N2CCCC2)c(NC(=O)c2cccnc2SC)c1. The topological polar surface area (TPSA) is 71.5 Å². The van der Waals surface area contributed by atoms with Gasteiger partial charge in [0.2, 0.25) is 0 Å². The van der Waals surface area contributed by atoms with Gasteiger partial charge in [-0.25, -0.2) is 9.78 Å². The highest BCUT2D eigenvalue weighted by atomic mass is 32.2. The van der Waals surface area contributed by atoms with Gasteiger partial charge in [0.05, 0.1) is 29.6 Å². The monoisotopic (exact) mass is 371 g/mol. The van der Waals surface area contributed by atoms with Gasteiger partial charge in [-0.15, -0.1) is 11.8 Å². The van der Waals surface area contributed by atoms with Crippen LogP contribution in [0, 0.1) is 0 Å². The van der Waals surface area contributed by atoms with Crippen LogP contribution in [-0.4, -0.2) is 43.3 Å². The second-order valence-electron chi connectivity index (χ2n) is 5.93. The standard InChI is InChI=1S/C19H21N3O3S/c1-25-19(24)13-7-8-16(22-10-3-4-11-22)15(12-13)21-17(23)14-6-5-9-20-18(14)26-2/h5-9,12H,3-4,10-11H2,1-2H3,(H,21,23). The Balaban J connectivity index is 1.95. The molecule has 1 aromatic carbocycles. The van der Waals surface area contributed by atoms with Crippen molar-refractivity contribution >= 4 is 35.0 Å². The van der Waals surface area contributed by atoms with E-state index in [0.717, 1.165) is 31.6 Å². The van der Waals surface area contributed by atoms with Crippen molar-refractivity contribution in [1.29, 1.82) is 0 Å². The highest BCUT2D eigenvalue weighted by molar-refractivity contribution is 7.98. The van der Waals surface area contributed by atoms with Crippen LogP contribution in [0.5, 0.6) is 0 Å². The summed E-state index contributed by atoms with van der Waals surface area (Å²) in [7, 11) is 1.34. The van der Waals surface area contributed by atoms with Crippen molar-refractivity contribution < 1.29 is 14.3 Å². The molecule has 26 heavy (non-hydrogen) atoms. The number of hydrogen-bond donors (Lipinski definition) is 1. The highest BCUT2D eigenvalue weighted by Crippen LogP contribution is 2.31. The lowest BCUT2D eigenvalue weighted by molar-refractivity contribution is 0.0600. The zero-order valence-corrected chi connectivity index (χ0v) is 15.6. The first kappa shape index (κ1) is 18.3. The maximum absolute atomic E-state index is 12.8. The molecule has 1 N–H and O–H groups in total. The van der Waals surface area contributed by atoms with Gasteiger partial charge in [0.15, 0.2) is 0 Å². The van der Waals surface area contributed by atoms with Crippen molar-refractivity contribution in [2.75, 3.05) is 36.7 Å². The number of thioether (sulfide) groups is 1. The molecule has 0 radical (unpaired) electrons. The third kappa shape index (κ3) is 3.83. The number of esters is 1. The molecule has 0 unspecified atom stereocenters. The highest BCUT2D eigenvalue weighted by Gasteiger charge is 2.20. The fraction of sp³-hybridized carbons (Fsp3) is 0.316. The Bertz CT molecular complexity index is 819. The van der Waals surface area contributed by atoms with Gasteiger partial charge in [0, 0.05) is 19.3 Å². The third-order valence-electron chi connectivity index (χ3n) is 4.32. The number of aromatic nitrogens is 1. The van der Waals surface area contributed by atoms with Crippen LogP contribution in [0.25, 0.3) is 0 Å². The normalized spacial score (nSPS) is 13.5. The number of hydrogen-bond acceptors (Lipinski definition) is 6. The number of rotatable bonds is 5. The van der Waals surface area contributed by atoms with Crippen LogP contribution < -0.4 is 10.2 Å². The molecule has 0 bridgehead atoms. The molecule has 2 aromatic rings. The van der Waals surface area contributed by atoms with Crippen molar-refractivity contribution in [3.63, 3.8) is 0 Å². The zero-order valence-electron chi connectivity index (χ0n) is 14.8. The van der Waals surface area contributed by atoms with Crippen LogP contribution in [-0.2, 0) is 4.74 Å². The number of carbonyl (C=O) groups is 2. The van der Waals surface area contributed by atoms with Crippen molar-refractivity contribution in [3.05, 3.63) is 47.7 Å². The van der Waals surface area contributed by atoms with Gasteiger partial charge in [-0.3, -0.25) is 4.79 Å². The Morgan fingerprint density at radius 3 is 2.69 bits per heavy atom. The molecule has 1 amide bonds. The number of amides is 1. The fourth-order valence-electron chi connectivity index (χ4n) is 3.03. The minimum Gasteiger partial charge on any atom is -0.465 e. The molecule has 1 fully saturated rings. The Hall–Kier alpha value is -2.54. The number of methoxy groups -OCH3 is 1. The van der Waals surface area contributed by atoms with Crippen molar-refractivity contribution in [2.24, 2.45) is 0 Å². The van der Waals surface area contributed by atoms with Gasteiger partial charge in [0.25, 0.3) is 5.91 Å². The summed E-state index contributed by atoms with van der Waals surface area (Å²) in [6, 6.07) is 8.75. The lowest BCUT2D eigenvalue weighted by Crippen LogP contribution is -2.22. The molecule has 1 aliphatic heterocycles. The lowest BCUT2D eigenvalue weighted by Gasteiger charge is -2.22. The molecule has 0 spiro atoms. The summed E-state index contributed by atoms with van der Waals surface area (Å²) in [5.74, 6) is -0.676. The molecule has 2 heterocycles. The van der Waals surface area contributed by atoms with E-state index in [0.29, 0.717) is 21.8 Å². The van der Waals surface area contributed by atoms with E-state index in [-0.39, 0.29) is 5.91 Å². The van der Waals surface area contributed by atoms with Crippen molar-refractivity contribution in [1.82, 2.24) is 4.98 Å². The fourth-order valence-corrected chi connectivity index (χ4v) is 3.58. The molecule has 0 atom stereocenters. The molecule has 1 saturated heterocycles. The van der Waals surface area contributed by atoms with Crippen LogP contribution >= 0.6 is 11.8 Å². The van der Waals surface area contributed by atoms with E-state index in [2.05, 4.69) is 15.2 Å². The number of benzene rings is 1. The maximum atomic E-state index is 12.8. The Morgan fingerprint density at radius 2 is 2.00 bits per heavy atom. The molecule has 0 saturated carbocycles. The summed E-state index contributed by atoms with van der Waals surface area (Å²) in [5, 5.41) is 3.62. The minimum atomic E-state index is -0.431. The zero-order chi connectivity index (χ0) is 18.5. The first-order valence-corrected chi connectivity index (χ1v) is 9.64. The van der Waals surface area contributed by atoms with E-state index in [1.54, 1.807) is 30.5 Å². The Morgan fingerprint density at radius 1 is 1.23 bits per heavy atom. The van der Waals surface area contributed by atoms with Gasteiger partial charge in [-0.05, 0) is 49.4 Å². The van der Waals surface area contributed by atoms with E-state index < -0.39 is 5.97 Å². The molecule has 3 rings (SSSR count). The predicted octanol–water partition coefficient (Wildman–Crippen LogP) is 3.44.